The maximum absolute atomic E-state index is 13.6. The number of nitrogens with zero attached hydrogens (tertiary/aromatic N) is 4. The molecule has 1 N–H and O–H groups in total. The Morgan fingerprint density at radius 1 is 0.926 bits per heavy atom. The Morgan fingerprint density at radius 2 is 1.74 bits per heavy atom. The smallest absolute Gasteiger partial charge is 0.264 e. The zero-order valence-electron chi connectivity index (χ0n) is 31.7. The van der Waals surface area contributed by atoms with E-state index < -0.39 is 31.2 Å². The largest absolute Gasteiger partial charge is 0.487 e. The molecular formula is C40H56ClN5O6S2. The standard InChI is InChI=1S/C40H56ClN5O6S2/c1-28-7-6-9-32(23-43-17-18-44-19-20-46(53(3,48)49)26-36(44)25-43)37-14-11-33(37)24-45-16-5-4-8-30-21-35(41)13-10-34(30)27-52-39-15-12-31(22-38(39)45)40(47)42-54(50,51)29(28)2/h10,12-13,15,21-22,29,32-33,36-37H,1,4-9,11,14,16-20,23-27H2,2-3H3,(H,42,47)/t29?,32-,33+,36-,37+/m1/s1. The molecule has 4 aliphatic heterocycles. The minimum absolute atomic E-state index is 0.178. The van der Waals surface area contributed by atoms with Gasteiger partial charge in [0.25, 0.3) is 5.91 Å². The van der Waals surface area contributed by atoms with Crippen LogP contribution in [0.1, 0.15) is 73.4 Å². The van der Waals surface area contributed by atoms with E-state index in [1.165, 1.54) is 11.8 Å². The monoisotopic (exact) mass is 801 g/mol. The van der Waals surface area contributed by atoms with Gasteiger partial charge in [0.1, 0.15) is 12.4 Å². The van der Waals surface area contributed by atoms with Gasteiger partial charge >= 0.3 is 0 Å². The number of rotatable bonds is 3. The van der Waals surface area contributed by atoms with E-state index in [4.69, 9.17) is 16.3 Å². The van der Waals surface area contributed by atoms with E-state index in [0.717, 1.165) is 102 Å². The first kappa shape index (κ1) is 39.6. The minimum atomic E-state index is -4.02. The van der Waals surface area contributed by atoms with Crippen molar-refractivity contribution in [3.05, 3.63) is 70.3 Å². The molecule has 1 unspecified atom stereocenters. The van der Waals surface area contributed by atoms with Crippen molar-refractivity contribution < 1.29 is 26.4 Å². The van der Waals surface area contributed by atoms with Crippen molar-refractivity contribution in [2.75, 3.05) is 70.1 Å². The average molecular weight is 803 g/mol. The molecule has 3 fully saturated rings. The molecule has 5 atom stereocenters. The Labute approximate surface area is 327 Å². The van der Waals surface area contributed by atoms with E-state index >= 15 is 0 Å². The molecule has 0 aromatic heterocycles. The van der Waals surface area contributed by atoms with E-state index in [9.17, 15) is 21.6 Å². The first-order chi connectivity index (χ1) is 25.7. The number of piperazine rings is 2. The maximum Gasteiger partial charge on any atom is 0.264 e. The quantitative estimate of drug-likeness (QED) is 0.421. The number of aryl methyl sites for hydroxylation is 1. The zero-order chi connectivity index (χ0) is 38.2. The number of amides is 1. The zero-order valence-corrected chi connectivity index (χ0v) is 34.1. The molecule has 2 bridgehead atoms. The summed E-state index contributed by atoms with van der Waals surface area (Å²) in [7, 11) is -7.26. The highest BCUT2D eigenvalue weighted by molar-refractivity contribution is 7.90. The van der Waals surface area contributed by atoms with Gasteiger partial charge in [-0.15, -0.1) is 0 Å². The van der Waals surface area contributed by atoms with Crippen LogP contribution in [0, 0.1) is 17.8 Å². The number of fused-ring (bicyclic) bond motifs is 4. The lowest BCUT2D eigenvalue weighted by atomic mass is 9.65. The van der Waals surface area contributed by atoms with Crippen molar-refractivity contribution in [1.82, 2.24) is 18.8 Å². The Morgan fingerprint density at radius 3 is 2.52 bits per heavy atom. The number of anilines is 1. The third kappa shape index (κ3) is 8.97. The number of hydrogen-bond acceptors (Lipinski definition) is 9. The van der Waals surface area contributed by atoms with Gasteiger partial charge in [0, 0.05) is 75.5 Å². The summed E-state index contributed by atoms with van der Waals surface area (Å²) in [4.78, 5) is 21.0. The molecule has 1 aliphatic carbocycles. The van der Waals surface area contributed by atoms with Crippen LogP contribution in [0.2, 0.25) is 5.02 Å². The van der Waals surface area contributed by atoms with E-state index in [-0.39, 0.29) is 11.6 Å². The molecular weight excluding hydrogens is 746 g/mol. The maximum atomic E-state index is 13.6. The van der Waals surface area contributed by atoms with Gasteiger partial charge < -0.3 is 14.5 Å². The number of nitrogens with one attached hydrogen (secondary N) is 1. The summed E-state index contributed by atoms with van der Waals surface area (Å²) in [5.41, 5.74) is 3.95. The number of halogens is 1. The second-order valence-corrected chi connectivity index (χ2v) is 20.7. The minimum Gasteiger partial charge on any atom is -0.487 e. The lowest BCUT2D eigenvalue weighted by molar-refractivity contribution is 0.00905. The fourth-order valence-electron chi connectivity index (χ4n) is 9.33. The molecule has 2 aromatic carbocycles. The first-order valence-corrected chi connectivity index (χ1v) is 23.5. The molecule has 2 aromatic rings. The highest BCUT2D eigenvalue weighted by Crippen LogP contribution is 2.45. The third-order valence-corrected chi connectivity index (χ3v) is 16.1. The number of ether oxygens (including phenoxy) is 1. The van der Waals surface area contributed by atoms with Crippen molar-refractivity contribution in [3.63, 3.8) is 0 Å². The van der Waals surface area contributed by atoms with Crippen LogP contribution in [-0.2, 0) is 33.1 Å². The van der Waals surface area contributed by atoms with Gasteiger partial charge in [-0.3, -0.25) is 9.69 Å². The molecule has 11 nitrogen and oxygen atoms in total. The van der Waals surface area contributed by atoms with Gasteiger partial charge in [0.15, 0.2) is 0 Å². The van der Waals surface area contributed by atoms with Crippen LogP contribution in [0.5, 0.6) is 5.75 Å². The second-order valence-electron chi connectivity index (χ2n) is 16.3. The summed E-state index contributed by atoms with van der Waals surface area (Å²) < 4.78 is 62.4. The Balaban J connectivity index is 1.18. The number of sulfonamides is 2. The molecule has 2 saturated heterocycles. The van der Waals surface area contributed by atoms with Crippen molar-refractivity contribution in [1.29, 1.82) is 0 Å². The van der Waals surface area contributed by atoms with Crippen molar-refractivity contribution in [3.8, 4) is 5.75 Å². The van der Waals surface area contributed by atoms with E-state index in [1.807, 2.05) is 18.2 Å². The predicted octanol–water partition coefficient (Wildman–Crippen LogP) is 5.15. The van der Waals surface area contributed by atoms with Crippen LogP contribution >= 0.6 is 11.6 Å². The fraction of sp³-hybridized carbons (Fsp3) is 0.625. The first-order valence-electron chi connectivity index (χ1n) is 19.7. The SMILES string of the molecule is C=C1CCC[C@H](CN2CCN3CCN(S(C)(=O)=O)C[C@H]3C2)[C@@H]2CC[C@H]2CN2CCCCc3cc(Cl)ccc3COc3ccc(cc32)C(=O)NS(=O)(=O)C1C. The van der Waals surface area contributed by atoms with Crippen molar-refractivity contribution in [2.24, 2.45) is 17.8 Å². The Kier molecular flexibility index (Phi) is 12.0. The third-order valence-electron chi connectivity index (χ3n) is 12.8. The van der Waals surface area contributed by atoms with Crippen LogP contribution in [0.15, 0.2) is 48.6 Å². The summed E-state index contributed by atoms with van der Waals surface area (Å²) in [6.45, 7) is 13.3. The van der Waals surface area contributed by atoms with Crippen LogP contribution in [-0.4, -0.2) is 113 Å². The summed E-state index contributed by atoms with van der Waals surface area (Å²) in [6.07, 6.45) is 8.71. The van der Waals surface area contributed by atoms with E-state index in [1.54, 1.807) is 29.4 Å². The Hall–Kier alpha value is -2.68. The van der Waals surface area contributed by atoms with Gasteiger partial charge in [0.2, 0.25) is 20.0 Å². The Bertz CT molecular complexity index is 1940. The molecule has 0 spiro atoms. The number of carbonyl (C=O) groups is 1. The number of benzene rings is 2. The normalized spacial score (nSPS) is 29.3. The van der Waals surface area contributed by atoms with Crippen LogP contribution in [0.25, 0.3) is 0 Å². The second kappa shape index (κ2) is 16.4. The van der Waals surface area contributed by atoms with Gasteiger partial charge in [-0.1, -0.05) is 29.8 Å². The van der Waals surface area contributed by atoms with Gasteiger partial charge in [0.05, 0.1) is 17.2 Å². The number of carbonyl (C=O) groups excluding carboxylic acids is 1. The van der Waals surface area contributed by atoms with E-state index in [2.05, 4.69) is 26.0 Å². The molecule has 7 rings (SSSR count). The lowest BCUT2D eigenvalue weighted by Crippen LogP contribution is -2.63. The average Bonchev–Trinajstić information content (AvgIpc) is 3.14. The van der Waals surface area contributed by atoms with Crippen LogP contribution < -0.4 is 14.4 Å². The topological polar surface area (TPSA) is 120 Å². The van der Waals surface area contributed by atoms with Crippen LogP contribution in [0.4, 0.5) is 5.69 Å². The van der Waals surface area contributed by atoms with Gasteiger partial charge in [-0.05, 0) is 118 Å². The van der Waals surface area contributed by atoms with Gasteiger partial charge in [-0.25, -0.2) is 21.6 Å². The van der Waals surface area contributed by atoms with Crippen LogP contribution in [0.3, 0.4) is 0 Å². The lowest BCUT2D eigenvalue weighted by Gasteiger charge is -2.49. The van der Waals surface area contributed by atoms with Gasteiger partial charge in [-0.2, -0.15) is 4.31 Å². The summed E-state index contributed by atoms with van der Waals surface area (Å²) >= 11 is 6.40. The van der Waals surface area contributed by atoms with E-state index in [0.29, 0.717) is 60.2 Å². The molecule has 296 valence electrons. The molecule has 54 heavy (non-hydrogen) atoms. The highest BCUT2D eigenvalue weighted by Gasteiger charge is 2.41. The summed E-state index contributed by atoms with van der Waals surface area (Å²) in [5.74, 6) is 1.36. The molecule has 1 saturated carbocycles. The summed E-state index contributed by atoms with van der Waals surface area (Å²) in [6, 6.07) is 11.4. The molecule has 14 heteroatoms. The number of hydrogen-bond donors (Lipinski definition) is 1. The summed E-state index contributed by atoms with van der Waals surface area (Å²) in [5, 5.41) is -0.213. The predicted molar refractivity (Wildman–Crippen MR) is 214 cm³/mol. The molecule has 5 aliphatic rings. The molecule has 1 amide bonds. The van der Waals surface area contributed by atoms with Crippen molar-refractivity contribution in [2.45, 2.75) is 76.2 Å². The van der Waals surface area contributed by atoms with Crippen molar-refractivity contribution >= 4 is 43.2 Å². The molecule has 4 heterocycles. The molecule has 0 radical (unpaired) electrons. The fourth-order valence-corrected chi connectivity index (χ4v) is 11.5. The highest BCUT2D eigenvalue weighted by atomic mass is 35.5.